The third-order valence-electron chi connectivity index (χ3n) is 2.49. The molecule has 1 atom stereocenters. The van der Waals surface area contributed by atoms with Crippen LogP contribution in [0.2, 0.25) is 0 Å². The number of rotatable bonds is 5. The van der Waals surface area contributed by atoms with Crippen molar-refractivity contribution in [1.29, 1.82) is 5.26 Å². The van der Waals surface area contributed by atoms with Crippen molar-refractivity contribution in [3.63, 3.8) is 0 Å². The van der Waals surface area contributed by atoms with E-state index in [-0.39, 0.29) is 0 Å². The van der Waals surface area contributed by atoms with Gasteiger partial charge in [-0.05, 0) is 48.2 Å². The quantitative estimate of drug-likeness (QED) is 0.611. The zero-order chi connectivity index (χ0) is 11.1. The molecule has 0 aliphatic rings. The number of thiocyanates is 1. The average Bonchev–Trinajstić information content (AvgIpc) is 2.26. The van der Waals surface area contributed by atoms with Gasteiger partial charge in [-0.25, -0.2) is 0 Å². The average molecular weight is 221 g/mol. The molecular weight excluding hydrogens is 206 g/mol. The molecule has 0 saturated heterocycles. The summed E-state index contributed by atoms with van der Waals surface area (Å²) in [5, 5.41) is 19.7. The van der Waals surface area contributed by atoms with E-state index in [9.17, 15) is 5.11 Å². The van der Waals surface area contributed by atoms with Crippen molar-refractivity contribution in [2.45, 2.75) is 25.7 Å². The van der Waals surface area contributed by atoms with Gasteiger partial charge in [0.2, 0.25) is 0 Å². The van der Waals surface area contributed by atoms with Crippen LogP contribution in [0.25, 0.3) is 0 Å². The fourth-order valence-corrected chi connectivity index (χ4v) is 2.09. The van der Waals surface area contributed by atoms with Gasteiger partial charge in [0.15, 0.2) is 0 Å². The lowest BCUT2D eigenvalue weighted by atomic mass is 9.94. The van der Waals surface area contributed by atoms with E-state index in [1.807, 2.05) is 12.1 Å². The predicted molar refractivity (Wildman–Crippen MR) is 63.8 cm³/mol. The Hall–Kier alpha value is -1.14. The van der Waals surface area contributed by atoms with E-state index in [0.717, 1.165) is 18.6 Å². The molecule has 0 aromatic heterocycles. The summed E-state index contributed by atoms with van der Waals surface area (Å²) < 4.78 is 0. The maximum absolute atomic E-state index is 9.18. The molecule has 0 saturated carbocycles. The lowest BCUT2D eigenvalue weighted by Crippen LogP contribution is -1.98. The molecule has 0 aliphatic carbocycles. The molecule has 0 bridgehead atoms. The largest absolute Gasteiger partial charge is 0.508 e. The monoisotopic (exact) mass is 221 g/mol. The molecular formula is C12H15NOS. The molecule has 0 aliphatic heterocycles. The van der Waals surface area contributed by atoms with Gasteiger partial charge in [-0.1, -0.05) is 19.1 Å². The van der Waals surface area contributed by atoms with E-state index < -0.39 is 0 Å². The molecule has 2 nitrogen and oxygen atoms in total. The van der Waals surface area contributed by atoms with Crippen LogP contribution in [-0.2, 0) is 0 Å². The number of hydrogen-bond acceptors (Lipinski definition) is 3. The lowest BCUT2D eigenvalue weighted by molar-refractivity contribution is 0.474. The van der Waals surface area contributed by atoms with Crippen LogP contribution in [0.5, 0.6) is 5.75 Å². The molecule has 1 unspecified atom stereocenters. The molecule has 3 heteroatoms. The number of nitrogens with zero attached hydrogens (tertiary/aromatic N) is 1. The molecule has 1 aromatic carbocycles. The van der Waals surface area contributed by atoms with Gasteiger partial charge < -0.3 is 5.11 Å². The van der Waals surface area contributed by atoms with E-state index in [1.165, 1.54) is 17.3 Å². The number of phenolic OH excluding ortho intramolecular Hbond substituents is 1. The Kier molecular flexibility index (Phi) is 5.06. The van der Waals surface area contributed by atoms with Gasteiger partial charge in [0, 0.05) is 5.75 Å². The number of aromatic hydroxyl groups is 1. The Morgan fingerprint density at radius 1 is 1.40 bits per heavy atom. The van der Waals surface area contributed by atoms with Crippen molar-refractivity contribution in [2.75, 3.05) is 5.75 Å². The van der Waals surface area contributed by atoms with Gasteiger partial charge >= 0.3 is 0 Å². The van der Waals surface area contributed by atoms with Crippen molar-refractivity contribution in [2.24, 2.45) is 0 Å². The minimum Gasteiger partial charge on any atom is -0.508 e. The Morgan fingerprint density at radius 2 is 2.07 bits per heavy atom. The second-order valence-electron chi connectivity index (χ2n) is 3.43. The molecule has 80 valence electrons. The number of nitriles is 1. The SMILES string of the molecule is CCC(CCSC#N)c1ccc(O)cc1. The highest BCUT2D eigenvalue weighted by Crippen LogP contribution is 2.26. The van der Waals surface area contributed by atoms with Crippen LogP contribution in [0.15, 0.2) is 24.3 Å². The van der Waals surface area contributed by atoms with Crippen LogP contribution in [0.1, 0.15) is 31.2 Å². The van der Waals surface area contributed by atoms with Gasteiger partial charge in [-0.15, -0.1) is 0 Å². The summed E-state index contributed by atoms with van der Waals surface area (Å²) >= 11 is 1.31. The van der Waals surface area contributed by atoms with Crippen molar-refractivity contribution in [3.05, 3.63) is 29.8 Å². The van der Waals surface area contributed by atoms with Crippen LogP contribution >= 0.6 is 11.8 Å². The van der Waals surface area contributed by atoms with E-state index >= 15 is 0 Å². The highest BCUT2D eigenvalue weighted by Gasteiger charge is 2.08. The van der Waals surface area contributed by atoms with Crippen LogP contribution in [0, 0.1) is 10.7 Å². The summed E-state index contributed by atoms with van der Waals surface area (Å²) in [5.74, 6) is 1.67. The van der Waals surface area contributed by atoms with Gasteiger partial charge in [-0.2, -0.15) is 5.26 Å². The molecule has 0 fully saturated rings. The first-order valence-electron chi connectivity index (χ1n) is 5.07. The lowest BCUT2D eigenvalue weighted by Gasteiger charge is -2.14. The van der Waals surface area contributed by atoms with Crippen LogP contribution < -0.4 is 0 Å². The highest BCUT2D eigenvalue weighted by molar-refractivity contribution is 8.03. The predicted octanol–water partition coefficient (Wildman–Crippen LogP) is 3.49. The maximum atomic E-state index is 9.18. The Morgan fingerprint density at radius 3 is 2.60 bits per heavy atom. The number of phenols is 1. The molecule has 0 amide bonds. The van der Waals surface area contributed by atoms with Crippen LogP contribution in [0.4, 0.5) is 0 Å². The Balaban J connectivity index is 2.58. The number of thioether (sulfide) groups is 1. The van der Waals surface area contributed by atoms with Crippen molar-refractivity contribution < 1.29 is 5.11 Å². The Labute approximate surface area is 94.9 Å². The fourth-order valence-electron chi connectivity index (χ4n) is 1.60. The first-order chi connectivity index (χ1) is 7.27. The highest BCUT2D eigenvalue weighted by atomic mass is 32.2. The fraction of sp³-hybridized carbons (Fsp3) is 0.417. The smallest absolute Gasteiger partial charge is 0.133 e. The van der Waals surface area contributed by atoms with Crippen molar-refractivity contribution in [3.8, 4) is 11.2 Å². The second-order valence-corrected chi connectivity index (χ2v) is 4.30. The number of hydrogen-bond donors (Lipinski definition) is 1. The molecule has 1 aromatic rings. The first-order valence-corrected chi connectivity index (χ1v) is 6.06. The summed E-state index contributed by atoms with van der Waals surface area (Å²) in [7, 11) is 0. The zero-order valence-corrected chi connectivity index (χ0v) is 9.63. The molecule has 0 spiro atoms. The van der Waals surface area contributed by atoms with Crippen LogP contribution in [-0.4, -0.2) is 10.9 Å². The summed E-state index contributed by atoms with van der Waals surface area (Å²) in [6.45, 7) is 2.15. The number of benzene rings is 1. The van der Waals surface area contributed by atoms with Gasteiger partial charge in [0.05, 0.1) is 0 Å². The summed E-state index contributed by atoms with van der Waals surface area (Å²) in [6.07, 6.45) is 2.08. The topological polar surface area (TPSA) is 44.0 Å². The van der Waals surface area contributed by atoms with Crippen LogP contribution in [0.3, 0.4) is 0 Å². The third-order valence-corrected chi connectivity index (χ3v) is 3.06. The third kappa shape index (κ3) is 3.85. The molecule has 0 radical (unpaired) electrons. The summed E-state index contributed by atoms with van der Waals surface area (Å²) in [5.41, 5.74) is 1.24. The van der Waals surface area contributed by atoms with Crippen molar-refractivity contribution in [1.82, 2.24) is 0 Å². The zero-order valence-electron chi connectivity index (χ0n) is 8.81. The van der Waals surface area contributed by atoms with Gasteiger partial charge in [0.1, 0.15) is 11.2 Å². The van der Waals surface area contributed by atoms with Gasteiger partial charge in [0.25, 0.3) is 0 Å². The molecule has 0 heterocycles. The van der Waals surface area contributed by atoms with E-state index in [0.29, 0.717) is 11.7 Å². The van der Waals surface area contributed by atoms with E-state index in [1.54, 1.807) is 12.1 Å². The second kappa shape index (κ2) is 6.36. The molecule has 15 heavy (non-hydrogen) atoms. The first kappa shape index (κ1) is 11.9. The summed E-state index contributed by atoms with van der Waals surface area (Å²) in [6, 6.07) is 7.35. The minimum absolute atomic E-state index is 0.306. The maximum Gasteiger partial charge on any atom is 0.133 e. The molecule has 1 N–H and O–H groups in total. The normalized spacial score (nSPS) is 12.0. The van der Waals surface area contributed by atoms with E-state index in [2.05, 4.69) is 12.3 Å². The van der Waals surface area contributed by atoms with Gasteiger partial charge in [-0.3, -0.25) is 0 Å². The van der Waals surface area contributed by atoms with Crippen molar-refractivity contribution >= 4 is 11.8 Å². The summed E-state index contributed by atoms with van der Waals surface area (Å²) in [4.78, 5) is 0. The standard InChI is InChI=1S/C12H15NOS/c1-2-10(7-8-15-9-13)11-3-5-12(14)6-4-11/h3-6,10,14H,2,7-8H2,1H3. The minimum atomic E-state index is 0.306. The van der Waals surface area contributed by atoms with E-state index in [4.69, 9.17) is 5.26 Å². The molecule has 1 rings (SSSR count). The Bertz CT molecular complexity index is 328.